The highest BCUT2D eigenvalue weighted by molar-refractivity contribution is 7.21. The third-order valence-corrected chi connectivity index (χ3v) is 5.73. The van der Waals surface area contributed by atoms with Crippen LogP contribution < -0.4 is 10.1 Å². The van der Waals surface area contributed by atoms with E-state index in [1.54, 1.807) is 6.07 Å². The lowest BCUT2D eigenvalue weighted by atomic mass is 10.1. The summed E-state index contributed by atoms with van der Waals surface area (Å²) in [7, 11) is 0. The monoisotopic (exact) mass is 393 g/mol. The van der Waals surface area contributed by atoms with Gasteiger partial charge in [0.1, 0.15) is 10.6 Å². The van der Waals surface area contributed by atoms with Crippen molar-refractivity contribution < 1.29 is 9.53 Å². The van der Waals surface area contributed by atoms with Crippen LogP contribution in [0, 0.1) is 0 Å². The first-order chi connectivity index (χ1) is 12.0. The summed E-state index contributed by atoms with van der Waals surface area (Å²) in [6, 6.07) is 13.0. The standard InChI is InChI=1S/C19H17Cl2NO2S/c1-3-24-14-7-4-12(5-8-14)11(2)22-19(23)18-17(21)15-9-6-13(20)10-16(15)25-18/h4-11H,3H2,1-2H3,(H,22,23)/t11-/m1/s1. The number of ether oxygens (including phenoxy) is 1. The minimum atomic E-state index is -0.191. The van der Waals surface area contributed by atoms with Crippen molar-refractivity contribution in [3.63, 3.8) is 0 Å². The zero-order valence-corrected chi connectivity index (χ0v) is 16.1. The SMILES string of the molecule is CCOc1ccc([C@@H](C)NC(=O)c2sc3cc(Cl)ccc3c2Cl)cc1. The Kier molecular flexibility index (Phi) is 5.52. The van der Waals surface area contributed by atoms with Crippen LogP contribution in [0.3, 0.4) is 0 Å². The quantitative estimate of drug-likeness (QED) is 0.568. The third kappa shape index (κ3) is 3.92. The Bertz CT molecular complexity index is 906. The second kappa shape index (κ2) is 7.65. The average molecular weight is 394 g/mol. The van der Waals surface area contributed by atoms with E-state index < -0.39 is 0 Å². The molecule has 1 aromatic heterocycles. The summed E-state index contributed by atoms with van der Waals surface area (Å²) in [6.45, 7) is 4.50. The minimum absolute atomic E-state index is 0.145. The summed E-state index contributed by atoms with van der Waals surface area (Å²) in [5.41, 5.74) is 0.997. The van der Waals surface area contributed by atoms with Crippen LogP contribution in [-0.4, -0.2) is 12.5 Å². The number of hydrogen-bond acceptors (Lipinski definition) is 3. The van der Waals surface area contributed by atoms with Crippen LogP contribution in [0.4, 0.5) is 0 Å². The molecule has 1 atom stereocenters. The van der Waals surface area contributed by atoms with Crippen molar-refractivity contribution >= 4 is 50.5 Å². The van der Waals surface area contributed by atoms with Crippen molar-refractivity contribution in [2.75, 3.05) is 6.61 Å². The number of carbonyl (C=O) groups is 1. The molecule has 0 saturated carbocycles. The Morgan fingerprint density at radius 3 is 2.60 bits per heavy atom. The van der Waals surface area contributed by atoms with Gasteiger partial charge in [0.25, 0.3) is 5.91 Å². The molecule has 0 bridgehead atoms. The molecule has 0 aliphatic rings. The molecular weight excluding hydrogens is 377 g/mol. The molecule has 0 aliphatic carbocycles. The Morgan fingerprint density at radius 2 is 1.92 bits per heavy atom. The van der Waals surface area contributed by atoms with Crippen molar-refractivity contribution in [2.45, 2.75) is 19.9 Å². The van der Waals surface area contributed by atoms with Crippen LogP contribution in [0.1, 0.15) is 35.1 Å². The molecule has 0 radical (unpaired) electrons. The van der Waals surface area contributed by atoms with Crippen LogP contribution in [0.5, 0.6) is 5.75 Å². The molecule has 0 fully saturated rings. The fourth-order valence-corrected chi connectivity index (χ4v) is 4.25. The van der Waals surface area contributed by atoms with E-state index in [0.717, 1.165) is 21.4 Å². The van der Waals surface area contributed by atoms with Crippen LogP contribution in [0.25, 0.3) is 10.1 Å². The van der Waals surface area contributed by atoms with Gasteiger partial charge in [-0.1, -0.05) is 41.4 Å². The molecule has 1 heterocycles. The molecule has 0 saturated heterocycles. The molecule has 3 aromatic rings. The van der Waals surface area contributed by atoms with E-state index in [-0.39, 0.29) is 11.9 Å². The van der Waals surface area contributed by atoms with Gasteiger partial charge >= 0.3 is 0 Å². The zero-order valence-electron chi connectivity index (χ0n) is 13.8. The van der Waals surface area contributed by atoms with E-state index in [0.29, 0.717) is 21.5 Å². The summed E-state index contributed by atoms with van der Waals surface area (Å²) < 4.78 is 6.34. The van der Waals surface area contributed by atoms with Crippen LogP contribution in [0.2, 0.25) is 10.0 Å². The number of halogens is 2. The zero-order chi connectivity index (χ0) is 18.0. The lowest BCUT2D eigenvalue weighted by molar-refractivity contribution is 0.0944. The molecule has 25 heavy (non-hydrogen) atoms. The molecule has 6 heteroatoms. The predicted molar refractivity (Wildman–Crippen MR) is 105 cm³/mol. The fourth-order valence-electron chi connectivity index (χ4n) is 2.55. The van der Waals surface area contributed by atoms with Crippen molar-refractivity contribution in [3.8, 4) is 5.75 Å². The smallest absolute Gasteiger partial charge is 0.263 e. The van der Waals surface area contributed by atoms with Gasteiger partial charge in [-0.2, -0.15) is 0 Å². The summed E-state index contributed by atoms with van der Waals surface area (Å²) in [5, 5.41) is 4.93. The Labute approximate surface area is 160 Å². The van der Waals surface area contributed by atoms with E-state index in [9.17, 15) is 4.79 Å². The maximum absolute atomic E-state index is 12.6. The Morgan fingerprint density at radius 1 is 1.20 bits per heavy atom. The lowest BCUT2D eigenvalue weighted by Crippen LogP contribution is -2.26. The van der Waals surface area contributed by atoms with Crippen LogP contribution in [-0.2, 0) is 0 Å². The van der Waals surface area contributed by atoms with Gasteiger partial charge in [-0.25, -0.2) is 0 Å². The van der Waals surface area contributed by atoms with E-state index in [4.69, 9.17) is 27.9 Å². The molecule has 3 nitrogen and oxygen atoms in total. The van der Waals surface area contributed by atoms with Crippen molar-refractivity contribution in [1.29, 1.82) is 0 Å². The van der Waals surface area contributed by atoms with Gasteiger partial charge in [0.15, 0.2) is 0 Å². The number of carbonyl (C=O) groups excluding carboxylic acids is 1. The fraction of sp³-hybridized carbons (Fsp3) is 0.211. The normalized spacial score (nSPS) is 12.2. The number of benzene rings is 2. The summed E-state index contributed by atoms with van der Waals surface area (Å²) in [6.07, 6.45) is 0. The first-order valence-corrected chi connectivity index (χ1v) is 9.48. The second-order valence-corrected chi connectivity index (χ2v) is 7.45. The number of fused-ring (bicyclic) bond motifs is 1. The Balaban J connectivity index is 1.78. The molecule has 0 spiro atoms. The third-order valence-electron chi connectivity index (χ3n) is 3.84. The van der Waals surface area contributed by atoms with E-state index in [1.165, 1.54) is 11.3 Å². The van der Waals surface area contributed by atoms with Crippen molar-refractivity contribution in [3.05, 3.63) is 63.0 Å². The Hall–Kier alpha value is -1.75. The largest absolute Gasteiger partial charge is 0.494 e. The highest BCUT2D eigenvalue weighted by Crippen LogP contribution is 2.37. The summed E-state index contributed by atoms with van der Waals surface area (Å²) in [5.74, 6) is 0.623. The summed E-state index contributed by atoms with van der Waals surface area (Å²) in [4.78, 5) is 13.1. The first-order valence-electron chi connectivity index (χ1n) is 7.90. The maximum atomic E-state index is 12.6. The van der Waals surface area contributed by atoms with E-state index in [2.05, 4.69) is 5.32 Å². The molecule has 2 aromatic carbocycles. The molecule has 1 N–H and O–H groups in total. The minimum Gasteiger partial charge on any atom is -0.494 e. The van der Waals surface area contributed by atoms with E-state index >= 15 is 0 Å². The molecule has 3 rings (SSSR count). The maximum Gasteiger partial charge on any atom is 0.263 e. The number of rotatable bonds is 5. The van der Waals surface area contributed by atoms with Gasteiger partial charge in [-0.3, -0.25) is 4.79 Å². The number of thiophene rings is 1. The first kappa shape index (κ1) is 18.1. The molecule has 1 amide bonds. The van der Waals surface area contributed by atoms with E-state index in [1.807, 2.05) is 50.2 Å². The van der Waals surface area contributed by atoms with Gasteiger partial charge in [-0.15, -0.1) is 11.3 Å². The topological polar surface area (TPSA) is 38.3 Å². The molecular formula is C19H17Cl2NO2S. The number of hydrogen-bond donors (Lipinski definition) is 1. The van der Waals surface area contributed by atoms with Crippen LogP contribution >= 0.6 is 34.5 Å². The molecule has 0 unspecified atom stereocenters. The van der Waals surface area contributed by atoms with Gasteiger partial charge in [0, 0.05) is 15.1 Å². The van der Waals surface area contributed by atoms with Gasteiger partial charge in [-0.05, 0) is 43.7 Å². The second-order valence-electron chi connectivity index (χ2n) is 5.58. The number of nitrogens with one attached hydrogen (secondary N) is 1. The van der Waals surface area contributed by atoms with Gasteiger partial charge in [0.2, 0.25) is 0 Å². The van der Waals surface area contributed by atoms with Crippen molar-refractivity contribution in [2.24, 2.45) is 0 Å². The highest BCUT2D eigenvalue weighted by Gasteiger charge is 2.19. The van der Waals surface area contributed by atoms with Gasteiger partial charge < -0.3 is 10.1 Å². The predicted octanol–water partition coefficient (Wildman–Crippen LogP) is 6.10. The average Bonchev–Trinajstić information content (AvgIpc) is 2.92. The summed E-state index contributed by atoms with van der Waals surface area (Å²) >= 11 is 13.7. The van der Waals surface area contributed by atoms with Crippen LogP contribution in [0.15, 0.2) is 42.5 Å². The highest BCUT2D eigenvalue weighted by atomic mass is 35.5. The lowest BCUT2D eigenvalue weighted by Gasteiger charge is -2.14. The number of amides is 1. The van der Waals surface area contributed by atoms with Gasteiger partial charge in [0.05, 0.1) is 17.7 Å². The van der Waals surface area contributed by atoms with Crippen molar-refractivity contribution in [1.82, 2.24) is 5.32 Å². The molecule has 0 aliphatic heterocycles. The molecule has 130 valence electrons.